The van der Waals surface area contributed by atoms with Crippen LogP contribution in [0.25, 0.3) is 0 Å². The van der Waals surface area contributed by atoms with E-state index in [0.29, 0.717) is 11.3 Å². The molecule has 1 nitrogen and oxygen atoms in total. The first kappa shape index (κ1) is 16.8. The van der Waals surface area contributed by atoms with Crippen molar-refractivity contribution < 1.29 is 5.11 Å². The van der Waals surface area contributed by atoms with Crippen molar-refractivity contribution in [2.24, 2.45) is 29.1 Å². The summed E-state index contributed by atoms with van der Waals surface area (Å²) in [5.41, 5.74) is 1.60. The number of fused-ring (bicyclic) bond motifs is 1. The second-order valence-electron chi connectivity index (χ2n) is 8.67. The lowest BCUT2D eigenvalue weighted by molar-refractivity contribution is 0.0756. The average Bonchev–Trinajstić information content (AvgIpc) is 2.97. The van der Waals surface area contributed by atoms with Crippen molar-refractivity contribution in [2.45, 2.75) is 71.3 Å². The molecule has 0 aromatic carbocycles. The number of aliphatic hydroxyl groups is 1. The fourth-order valence-electron chi connectivity index (χ4n) is 5.96. The molecule has 124 valence electrons. The molecular weight excluding hydrogens is 336 g/mol. The van der Waals surface area contributed by atoms with Gasteiger partial charge in [0, 0.05) is 0 Å². The molecule has 22 heavy (non-hydrogen) atoms. The molecular formula is C20H31BrO. The summed E-state index contributed by atoms with van der Waals surface area (Å²) in [5, 5.41) is 10.1. The number of halogens is 1. The summed E-state index contributed by atoms with van der Waals surface area (Å²) in [6, 6.07) is 0. The van der Waals surface area contributed by atoms with E-state index in [1.54, 1.807) is 5.57 Å². The summed E-state index contributed by atoms with van der Waals surface area (Å²) in [6.45, 7) is 6.96. The van der Waals surface area contributed by atoms with Crippen LogP contribution < -0.4 is 0 Å². The molecule has 0 heterocycles. The molecule has 0 bridgehead atoms. The zero-order valence-corrected chi connectivity index (χ0v) is 15.9. The maximum Gasteiger partial charge on any atom is 0.0805 e. The highest BCUT2D eigenvalue weighted by atomic mass is 79.9. The topological polar surface area (TPSA) is 20.2 Å². The monoisotopic (exact) mass is 366 g/mol. The van der Waals surface area contributed by atoms with Gasteiger partial charge in [0.05, 0.1) is 5.60 Å². The number of allylic oxidation sites excluding steroid dienone is 2. The Morgan fingerprint density at radius 1 is 1.41 bits per heavy atom. The minimum Gasteiger partial charge on any atom is -0.386 e. The predicted molar refractivity (Wildman–Crippen MR) is 96.8 cm³/mol. The van der Waals surface area contributed by atoms with Gasteiger partial charge in [0.15, 0.2) is 0 Å². The molecule has 0 spiro atoms. The Bertz CT molecular complexity index is 478. The molecule has 0 aromatic rings. The highest BCUT2D eigenvalue weighted by Gasteiger charge is 2.50. The maximum absolute atomic E-state index is 10.1. The predicted octanol–water partition coefficient (Wildman–Crippen LogP) is 5.83. The van der Waals surface area contributed by atoms with Crippen LogP contribution in [0.4, 0.5) is 0 Å². The summed E-state index contributed by atoms with van der Waals surface area (Å²) >= 11 is 3.61. The average molecular weight is 367 g/mol. The van der Waals surface area contributed by atoms with Crippen LogP contribution in [0.2, 0.25) is 0 Å². The fraction of sp³-hybridized carbons (Fsp3) is 0.800. The van der Waals surface area contributed by atoms with E-state index < -0.39 is 5.60 Å². The van der Waals surface area contributed by atoms with E-state index in [1.807, 2.05) is 13.0 Å². The molecule has 2 fully saturated rings. The first-order chi connectivity index (χ1) is 10.4. The molecule has 6 atom stereocenters. The Kier molecular flexibility index (Phi) is 4.64. The third kappa shape index (κ3) is 2.98. The molecule has 0 aliphatic heterocycles. The number of rotatable bonds is 3. The van der Waals surface area contributed by atoms with Crippen LogP contribution in [0.1, 0.15) is 65.7 Å². The minimum atomic E-state index is -0.566. The van der Waals surface area contributed by atoms with Gasteiger partial charge in [-0.25, -0.2) is 0 Å². The summed E-state index contributed by atoms with van der Waals surface area (Å²) in [7, 11) is 0. The van der Waals surface area contributed by atoms with Crippen LogP contribution in [0.5, 0.6) is 0 Å². The molecule has 2 saturated carbocycles. The van der Waals surface area contributed by atoms with E-state index in [-0.39, 0.29) is 0 Å². The van der Waals surface area contributed by atoms with Gasteiger partial charge in [-0.15, -0.1) is 0 Å². The molecule has 3 aliphatic rings. The Morgan fingerprint density at radius 3 is 2.82 bits per heavy atom. The lowest BCUT2D eigenvalue weighted by atomic mass is 9.61. The van der Waals surface area contributed by atoms with Crippen LogP contribution in [0.15, 0.2) is 22.7 Å². The van der Waals surface area contributed by atoms with Gasteiger partial charge in [-0.1, -0.05) is 47.5 Å². The highest BCUT2D eigenvalue weighted by molar-refractivity contribution is 9.11. The van der Waals surface area contributed by atoms with E-state index in [9.17, 15) is 5.11 Å². The minimum absolute atomic E-state index is 0.502. The molecule has 1 N–H and O–H groups in total. The molecule has 3 rings (SSSR count). The highest BCUT2D eigenvalue weighted by Crippen LogP contribution is 2.60. The van der Waals surface area contributed by atoms with Gasteiger partial charge < -0.3 is 5.11 Å². The summed E-state index contributed by atoms with van der Waals surface area (Å²) in [4.78, 5) is 2.22. The van der Waals surface area contributed by atoms with Crippen LogP contribution in [0, 0.1) is 29.1 Å². The van der Waals surface area contributed by atoms with Gasteiger partial charge in [-0.2, -0.15) is 0 Å². The maximum atomic E-state index is 10.1. The third-order valence-electron chi connectivity index (χ3n) is 6.94. The van der Waals surface area contributed by atoms with Crippen molar-refractivity contribution in [2.75, 3.05) is 0 Å². The van der Waals surface area contributed by atoms with Crippen molar-refractivity contribution in [1.82, 2.24) is 0 Å². The van der Waals surface area contributed by atoms with E-state index >= 15 is 0 Å². The number of hydrogen-bond acceptors (Lipinski definition) is 1. The Morgan fingerprint density at radius 2 is 2.18 bits per heavy atom. The summed E-state index contributed by atoms with van der Waals surface area (Å²) in [6.07, 6.45) is 13.2. The first-order valence-corrected chi connectivity index (χ1v) is 9.98. The summed E-state index contributed by atoms with van der Waals surface area (Å²) < 4.78 is 0. The van der Waals surface area contributed by atoms with Gasteiger partial charge in [-0.05, 0) is 85.9 Å². The fourth-order valence-corrected chi connectivity index (χ4v) is 6.51. The first-order valence-electron chi connectivity index (χ1n) is 9.06. The van der Waals surface area contributed by atoms with Crippen molar-refractivity contribution in [1.29, 1.82) is 0 Å². The lowest BCUT2D eigenvalue weighted by Crippen LogP contribution is -2.36. The van der Waals surface area contributed by atoms with E-state index in [4.69, 9.17) is 0 Å². The van der Waals surface area contributed by atoms with Crippen LogP contribution >= 0.6 is 15.9 Å². The van der Waals surface area contributed by atoms with Crippen molar-refractivity contribution >= 4 is 15.9 Å². The standard InChI is InChI=1S/C20H31BrO/c1-14(11-15-8-10-19(2,22)12-15)17-6-7-18-16(13-21)5-4-9-20(17,18)3/h8,10,13-15,17-18,22H,4-7,9,11-12H2,1-3H3/b16-13+/t14-,15?,17-,18?,19?,20-/m1/s1. The normalized spacial score (nSPS) is 47.9. The van der Waals surface area contributed by atoms with Gasteiger partial charge in [0.1, 0.15) is 0 Å². The lowest BCUT2D eigenvalue weighted by Gasteiger charge is -2.44. The van der Waals surface area contributed by atoms with Crippen LogP contribution in [0.3, 0.4) is 0 Å². The second kappa shape index (κ2) is 6.09. The smallest absolute Gasteiger partial charge is 0.0805 e. The molecule has 3 aliphatic carbocycles. The second-order valence-corrected chi connectivity index (χ2v) is 9.13. The molecule has 0 radical (unpaired) electrons. The SMILES string of the molecule is C[C@H](CC1C=CC(C)(O)C1)[C@H]1CCC2/C(=C/Br)CCC[C@@]21C. The molecule has 0 saturated heterocycles. The van der Waals surface area contributed by atoms with E-state index in [1.165, 1.54) is 38.5 Å². The van der Waals surface area contributed by atoms with Gasteiger partial charge >= 0.3 is 0 Å². The molecule has 3 unspecified atom stereocenters. The molecule has 0 aromatic heterocycles. The van der Waals surface area contributed by atoms with E-state index in [2.05, 4.69) is 40.8 Å². The molecule has 0 amide bonds. The van der Waals surface area contributed by atoms with Gasteiger partial charge in [0.2, 0.25) is 0 Å². The largest absolute Gasteiger partial charge is 0.386 e. The Hall–Kier alpha value is -0.0800. The zero-order chi connectivity index (χ0) is 16.0. The Labute approximate surface area is 144 Å². The van der Waals surface area contributed by atoms with E-state index in [0.717, 1.165) is 24.2 Å². The van der Waals surface area contributed by atoms with Gasteiger partial charge in [-0.3, -0.25) is 0 Å². The van der Waals surface area contributed by atoms with Gasteiger partial charge in [0.25, 0.3) is 0 Å². The Balaban J connectivity index is 1.69. The van der Waals surface area contributed by atoms with Crippen LogP contribution in [-0.2, 0) is 0 Å². The quantitative estimate of drug-likeness (QED) is 0.622. The van der Waals surface area contributed by atoms with Crippen molar-refractivity contribution in [3.8, 4) is 0 Å². The zero-order valence-electron chi connectivity index (χ0n) is 14.3. The van der Waals surface area contributed by atoms with Crippen molar-refractivity contribution in [3.05, 3.63) is 22.7 Å². The van der Waals surface area contributed by atoms with Crippen LogP contribution in [-0.4, -0.2) is 10.7 Å². The van der Waals surface area contributed by atoms with Crippen molar-refractivity contribution in [3.63, 3.8) is 0 Å². The molecule has 2 heteroatoms. The third-order valence-corrected chi connectivity index (χ3v) is 7.53. The number of hydrogen-bond donors (Lipinski definition) is 1. The summed E-state index contributed by atoms with van der Waals surface area (Å²) in [5.74, 6) is 2.98.